The summed E-state index contributed by atoms with van der Waals surface area (Å²) in [6.07, 6.45) is 1.76. The first-order valence-electron chi connectivity index (χ1n) is 7.79. The molecule has 1 aromatic rings. The van der Waals surface area contributed by atoms with Gasteiger partial charge in [-0.1, -0.05) is 37.3 Å². The Morgan fingerprint density at radius 2 is 1.90 bits per heavy atom. The molecule has 0 aliphatic carbocycles. The van der Waals surface area contributed by atoms with Gasteiger partial charge in [0.15, 0.2) is 0 Å². The smallest absolute Gasteiger partial charge is 0.410 e. The quantitative estimate of drug-likeness (QED) is 0.857. The summed E-state index contributed by atoms with van der Waals surface area (Å²) < 4.78 is 5.75. The summed E-state index contributed by atoms with van der Waals surface area (Å²) in [6, 6.07) is 10.4. The Kier molecular flexibility index (Phi) is 3.89. The molecule has 0 N–H and O–H groups in total. The highest BCUT2D eigenvalue weighted by molar-refractivity contribution is 5.70. The molecule has 4 heteroatoms. The molecule has 0 aromatic heterocycles. The predicted molar refractivity (Wildman–Crippen MR) is 82.4 cm³/mol. The molecule has 0 radical (unpaired) electrons. The molecule has 114 valence electrons. The summed E-state index contributed by atoms with van der Waals surface area (Å²) in [4.78, 5) is 16.4. The molecule has 1 amide bonds. The number of rotatable bonds is 3. The Bertz CT molecular complexity index is 495. The van der Waals surface area contributed by atoms with Crippen LogP contribution in [-0.4, -0.2) is 54.7 Å². The van der Waals surface area contributed by atoms with Gasteiger partial charge < -0.3 is 14.5 Å². The Morgan fingerprint density at radius 1 is 1.24 bits per heavy atom. The number of likely N-dealkylation sites (tertiary alicyclic amines) is 1. The van der Waals surface area contributed by atoms with Gasteiger partial charge in [-0.3, -0.25) is 0 Å². The van der Waals surface area contributed by atoms with Crippen LogP contribution in [0.3, 0.4) is 0 Å². The second-order valence-corrected chi connectivity index (χ2v) is 6.55. The average molecular weight is 288 g/mol. The number of carbonyl (C=O) groups is 1. The maximum Gasteiger partial charge on any atom is 0.410 e. The molecular weight excluding hydrogens is 264 g/mol. The first-order chi connectivity index (χ1) is 10.1. The van der Waals surface area contributed by atoms with Crippen LogP contribution < -0.4 is 0 Å². The van der Waals surface area contributed by atoms with Gasteiger partial charge in [0, 0.05) is 32.5 Å². The van der Waals surface area contributed by atoms with Crippen LogP contribution in [-0.2, 0) is 4.74 Å². The van der Waals surface area contributed by atoms with Crippen LogP contribution in [0.5, 0.6) is 0 Å². The summed E-state index contributed by atoms with van der Waals surface area (Å²) in [5.74, 6) is 0.333. The van der Waals surface area contributed by atoms with Gasteiger partial charge in [-0.15, -0.1) is 0 Å². The molecule has 2 aliphatic rings. The molecule has 2 saturated heterocycles. The van der Waals surface area contributed by atoms with Gasteiger partial charge in [0.1, 0.15) is 5.60 Å². The van der Waals surface area contributed by atoms with Crippen LogP contribution in [0.15, 0.2) is 30.3 Å². The van der Waals surface area contributed by atoms with E-state index in [1.54, 1.807) is 0 Å². The monoisotopic (exact) mass is 288 g/mol. The second kappa shape index (κ2) is 5.68. The number of hydrogen-bond acceptors (Lipinski definition) is 3. The van der Waals surface area contributed by atoms with E-state index in [1.807, 2.05) is 23.1 Å². The van der Waals surface area contributed by atoms with Crippen LogP contribution in [0.25, 0.3) is 0 Å². The lowest BCUT2D eigenvalue weighted by Gasteiger charge is -2.35. The molecule has 3 rings (SSSR count). The Balaban J connectivity index is 1.63. The van der Waals surface area contributed by atoms with Crippen molar-refractivity contribution in [2.75, 3.05) is 33.2 Å². The summed E-state index contributed by atoms with van der Waals surface area (Å²) in [7, 11) is 2.12. The predicted octanol–water partition coefficient (Wildman–Crippen LogP) is 2.71. The summed E-state index contributed by atoms with van der Waals surface area (Å²) in [5, 5.41) is 0. The van der Waals surface area contributed by atoms with E-state index in [1.165, 1.54) is 5.56 Å². The van der Waals surface area contributed by atoms with E-state index in [-0.39, 0.29) is 11.7 Å². The third-order valence-electron chi connectivity index (χ3n) is 4.80. The fourth-order valence-corrected chi connectivity index (χ4v) is 3.34. The van der Waals surface area contributed by atoms with E-state index >= 15 is 0 Å². The van der Waals surface area contributed by atoms with Gasteiger partial charge in [0.25, 0.3) is 0 Å². The van der Waals surface area contributed by atoms with Crippen molar-refractivity contribution in [3.8, 4) is 0 Å². The van der Waals surface area contributed by atoms with Crippen molar-refractivity contribution in [1.82, 2.24) is 9.80 Å². The van der Waals surface area contributed by atoms with Crippen LogP contribution in [0.2, 0.25) is 0 Å². The minimum atomic E-state index is -0.236. The Labute approximate surface area is 126 Å². The zero-order valence-electron chi connectivity index (χ0n) is 12.9. The van der Waals surface area contributed by atoms with E-state index in [4.69, 9.17) is 4.74 Å². The Morgan fingerprint density at radius 3 is 2.57 bits per heavy atom. The van der Waals surface area contributed by atoms with E-state index in [0.717, 1.165) is 39.0 Å². The highest BCUT2D eigenvalue weighted by atomic mass is 16.6. The molecule has 2 fully saturated rings. The summed E-state index contributed by atoms with van der Waals surface area (Å²) in [5.41, 5.74) is 1.04. The number of carbonyl (C=O) groups excluding carboxylic acids is 1. The van der Waals surface area contributed by atoms with Gasteiger partial charge >= 0.3 is 6.09 Å². The van der Waals surface area contributed by atoms with Gasteiger partial charge in [-0.25, -0.2) is 4.79 Å². The minimum Gasteiger partial charge on any atom is -0.441 e. The highest BCUT2D eigenvalue weighted by Gasteiger charge is 2.46. The SMILES string of the molecule is C[C@H](CN1CC2(CCN(C)CC2)OC1=O)c1ccccc1. The molecule has 0 saturated carbocycles. The average Bonchev–Trinajstić information content (AvgIpc) is 2.79. The lowest BCUT2D eigenvalue weighted by Crippen LogP contribution is -2.45. The maximum absolute atomic E-state index is 12.2. The first-order valence-corrected chi connectivity index (χ1v) is 7.79. The van der Waals surface area contributed by atoms with Crippen molar-refractivity contribution in [3.63, 3.8) is 0 Å². The fourth-order valence-electron chi connectivity index (χ4n) is 3.34. The van der Waals surface area contributed by atoms with E-state index < -0.39 is 0 Å². The van der Waals surface area contributed by atoms with E-state index in [0.29, 0.717) is 5.92 Å². The normalized spacial score (nSPS) is 23.3. The summed E-state index contributed by atoms with van der Waals surface area (Å²) >= 11 is 0. The van der Waals surface area contributed by atoms with Crippen LogP contribution in [0, 0.1) is 0 Å². The lowest BCUT2D eigenvalue weighted by molar-refractivity contribution is 0.00658. The van der Waals surface area contributed by atoms with Crippen molar-refractivity contribution in [1.29, 1.82) is 0 Å². The molecule has 21 heavy (non-hydrogen) atoms. The van der Waals surface area contributed by atoms with Gasteiger partial charge in [0.05, 0.1) is 6.54 Å². The molecule has 4 nitrogen and oxygen atoms in total. The first kappa shape index (κ1) is 14.4. The van der Waals surface area contributed by atoms with E-state index in [2.05, 4.69) is 31.0 Å². The number of amides is 1. The third kappa shape index (κ3) is 3.05. The number of piperidine rings is 1. The van der Waals surface area contributed by atoms with Gasteiger partial charge in [-0.2, -0.15) is 0 Å². The Hall–Kier alpha value is -1.55. The molecular formula is C17H24N2O2. The van der Waals surface area contributed by atoms with Crippen LogP contribution in [0.4, 0.5) is 4.79 Å². The van der Waals surface area contributed by atoms with Crippen molar-refractivity contribution >= 4 is 6.09 Å². The van der Waals surface area contributed by atoms with Crippen molar-refractivity contribution in [2.24, 2.45) is 0 Å². The van der Waals surface area contributed by atoms with Crippen molar-refractivity contribution < 1.29 is 9.53 Å². The number of nitrogens with zero attached hydrogens (tertiary/aromatic N) is 2. The van der Waals surface area contributed by atoms with Crippen molar-refractivity contribution in [2.45, 2.75) is 31.3 Å². The van der Waals surface area contributed by atoms with Crippen LogP contribution in [0.1, 0.15) is 31.2 Å². The van der Waals surface area contributed by atoms with Gasteiger partial charge in [0.2, 0.25) is 0 Å². The molecule has 0 unspecified atom stereocenters. The molecule has 1 spiro atoms. The molecule has 2 heterocycles. The second-order valence-electron chi connectivity index (χ2n) is 6.55. The molecule has 1 aromatic carbocycles. The zero-order chi connectivity index (χ0) is 14.9. The molecule has 1 atom stereocenters. The number of benzene rings is 1. The number of hydrogen-bond donors (Lipinski definition) is 0. The van der Waals surface area contributed by atoms with E-state index in [9.17, 15) is 4.79 Å². The van der Waals surface area contributed by atoms with Crippen molar-refractivity contribution in [3.05, 3.63) is 35.9 Å². The molecule has 0 bridgehead atoms. The van der Waals surface area contributed by atoms with Crippen LogP contribution >= 0.6 is 0 Å². The topological polar surface area (TPSA) is 32.8 Å². The zero-order valence-corrected chi connectivity index (χ0v) is 12.9. The third-order valence-corrected chi connectivity index (χ3v) is 4.80. The maximum atomic E-state index is 12.2. The highest BCUT2D eigenvalue weighted by Crippen LogP contribution is 2.33. The standard InChI is InChI=1S/C17H24N2O2/c1-14(15-6-4-3-5-7-15)12-19-13-17(21-16(19)20)8-10-18(2)11-9-17/h3-7,14H,8-13H2,1-2H3/t14-/m1/s1. The largest absolute Gasteiger partial charge is 0.441 e. The minimum absolute atomic E-state index is 0.137. The number of ether oxygens (including phenoxy) is 1. The molecule has 2 aliphatic heterocycles. The lowest BCUT2D eigenvalue weighted by atomic mass is 9.91. The summed E-state index contributed by atoms with van der Waals surface area (Å²) in [6.45, 7) is 5.67. The van der Waals surface area contributed by atoms with Gasteiger partial charge in [-0.05, 0) is 18.5 Å². The fraction of sp³-hybridized carbons (Fsp3) is 0.588.